The third-order valence-electron chi connectivity index (χ3n) is 6.48. The molecule has 4 rings (SSSR count). The Balaban J connectivity index is 1.57. The van der Waals surface area contributed by atoms with E-state index in [2.05, 4.69) is 5.32 Å². The second kappa shape index (κ2) is 7.63. The molecule has 1 N–H and O–H groups in total. The van der Waals surface area contributed by atoms with Gasteiger partial charge in [-0.2, -0.15) is 0 Å². The molecule has 0 saturated carbocycles. The zero-order valence-corrected chi connectivity index (χ0v) is 17.5. The Labute approximate surface area is 171 Å². The summed E-state index contributed by atoms with van der Waals surface area (Å²) in [6.45, 7) is 3.30. The maximum atomic E-state index is 12.8. The zero-order valence-electron chi connectivity index (χ0n) is 16.7. The van der Waals surface area contributed by atoms with Crippen molar-refractivity contribution in [3.05, 3.63) is 29.8 Å². The van der Waals surface area contributed by atoms with Gasteiger partial charge in [-0.25, -0.2) is 8.42 Å². The van der Waals surface area contributed by atoms with Crippen LogP contribution in [0.25, 0.3) is 0 Å². The first-order chi connectivity index (χ1) is 13.8. The number of amides is 2. The number of nitrogens with one attached hydrogen (secondary N) is 1. The summed E-state index contributed by atoms with van der Waals surface area (Å²) in [5.41, 5.74) is 0.406. The molecule has 3 atom stereocenters. The second-order valence-corrected chi connectivity index (χ2v) is 10.6. The predicted octanol–water partition coefficient (Wildman–Crippen LogP) is 1.83. The lowest BCUT2D eigenvalue weighted by atomic mass is 9.82. The molecular formula is C21H28N2O5S. The van der Waals surface area contributed by atoms with E-state index >= 15 is 0 Å². The highest BCUT2D eigenvalue weighted by Gasteiger charge is 2.44. The lowest BCUT2D eigenvalue weighted by Gasteiger charge is -2.42. The minimum atomic E-state index is -3.12. The van der Waals surface area contributed by atoms with E-state index in [0.29, 0.717) is 45.2 Å². The van der Waals surface area contributed by atoms with E-state index in [1.807, 2.05) is 36.1 Å². The highest BCUT2D eigenvalue weighted by molar-refractivity contribution is 7.91. The Morgan fingerprint density at radius 1 is 1.31 bits per heavy atom. The molecule has 0 aromatic heterocycles. The standard InChI is InChI=1S/C21H28N2O5S/c1-2-23-11-10-21(9-7-19(23)24)13-17(16-5-3-4-6-18(16)28-21)22-20(25)15-8-12-29(26,27)14-15/h3-6,15,17H,2,7-14H2,1H3,(H,22,25)/t15-,17-,21-/m1/s1. The molecule has 1 spiro atoms. The van der Waals surface area contributed by atoms with Crippen LogP contribution in [0.2, 0.25) is 0 Å². The van der Waals surface area contributed by atoms with Gasteiger partial charge in [0.25, 0.3) is 0 Å². The van der Waals surface area contributed by atoms with Crippen LogP contribution in [0.1, 0.15) is 50.6 Å². The Hall–Kier alpha value is -2.09. The summed E-state index contributed by atoms with van der Waals surface area (Å²) >= 11 is 0. The van der Waals surface area contributed by atoms with Gasteiger partial charge in [0.1, 0.15) is 11.4 Å². The van der Waals surface area contributed by atoms with Gasteiger partial charge in [0.05, 0.1) is 23.5 Å². The van der Waals surface area contributed by atoms with Crippen LogP contribution in [0.3, 0.4) is 0 Å². The van der Waals surface area contributed by atoms with Gasteiger partial charge in [0.15, 0.2) is 9.84 Å². The number of carbonyl (C=O) groups is 2. The molecule has 3 aliphatic rings. The van der Waals surface area contributed by atoms with Gasteiger partial charge < -0.3 is 15.0 Å². The van der Waals surface area contributed by atoms with E-state index in [1.165, 1.54) is 0 Å². The summed E-state index contributed by atoms with van der Waals surface area (Å²) in [7, 11) is -3.12. The lowest BCUT2D eigenvalue weighted by molar-refractivity contribution is -0.130. The van der Waals surface area contributed by atoms with E-state index < -0.39 is 21.4 Å². The quantitative estimate of drug-likeness (QED) is 0.805. The Morgan fingerprint density at radius 2 is 2.10 bits per heavy atom. The van der Waals surface area contributed by atoms with Crippen molar-refractivity contribution >= 4 is 21.7 Å². The van der Waals surface area contributed by atoms with Gasteiger partial charge in [-0.3, -0.25) is 9.59 Å². The molecule has 0 bridgehead atoms. The molecule has 2 fully saturated rings. The molecule has 29 heavy (non-hydrogen) atoms. The molecule has 0 radical (unpaired) electrons. The number of carbonyl (C=O) groups excluding carboxylic acids is 2. The molecular weight excluding hydrogens is 392 g/mol. The maximum absolute atomic E-state index is 12.8. The first kappa shape index (κ1) is 20.2. The van der Waals surface area contributed by atoms with E-state index in [0.717, 1.165) is 11.3 Å². The largest absolute Gasteiger partial charge is 0.487 e. The molecule has 8 heteroatoms. The smallest absolute Gasteiger partial charge is 0.224 e. The summed E-state index contributed by atoms with van der Waals surface area (Å²) in [6.07, 6.45) is 2.72. The van der Waals surface area contributed by atoms with Crippen LogP contribution in [0.4, 0.5) is 0 Å². The molecule has 3 aliphatic heterocycles. The fraction of sp³-hybridized carbons (Fsp3) is 0.619. The van der Waals surface area contributed by atoms with Crippen molar-refractivity contribution < 1.29 is 22.7 Å². The van der Waals surface area contributed by atoms with Gasteiger partial charge in [0, 0.05) is 37.9 Å². The lowest BCUT2D eigenvalue weighted by Crippen LogP contribution is -2.47. The van der Waals surface area contributed by atoms with Crippen LogP contribution < -0.4 is 10.1 Å². The summed E-state index contributed by atoms with van der Waals surface area (Å²) in [4.78, 5) is 27.0. The molecule has 1 aromatic carbocycles. The monoisotopic (exact) mass is 420 g/mol. The van der Waals surface area contributed by atoms with E-state index in [4.69, 9.17) is 4.74 Å². The van der Waals surface area contributed by atoms with E-state index in [1.54, 1.807) is 0 Å². The molecule has 0 aliphatic carbocycles. The summed E-state index contributed by atoms with van der Waals surface area (Å²) in [6, 6.07) is 7.41. The molecule has 7 nitrogen and oxygen atoms in total. The number of hydrogen-bond acceptors (Lipinski definition) is 5. The van der Waals surface area contributed by atoms with Crippen LogP contribution >= 0.6 is 0 Å². The predicted molar refractivity (Wildman–Crippen MR) is 108 cm³/mol. The van der Waals surface area contributed by atoms with Gasteiger partial charge in [-0.1, -0.05) is 18.2 Å². The first-order valence-corrected chi connectivity index (χ1v) is 12.2. The summed E-state index contributed by atoms with van der Waals surface area (Å²) in [5.74, 6) is 0.188. The number of hydrogen-bond donors (Lipinski definition) is 1. The van der Waals surface area contributed by atoms with Crippen LogP contribution in [-0.2, 0) is 19.4 Å². The molecule has 2 amide bonds. The molecule has 2 saturated heterocycles. The summed E-state index contributed by atoms with van der Waals surface area (Å²) < 4.78 is 30.0. The normalized spacial score (nSPS) is 31.1. The molecule has 158 valence electrons. The number of benzene rings is 1. The third kappa shape index (κ3) is 4.13. The number of nitrogens with zero attached hydrogens (tertiary/aromatic N) is 1. The first-order valence-electron chi connectivity index (χ1n) is 10.4. The summed E-state index contributed by atoms with van der Waals surface area (Å²) in [5, 5.41) is 3.10. The highest BCUT2D eigenvalue weighted by Crippen LogP contribution is 2.44. The SMILES string of the molecule is CCN1CC[C@]2(CCC1=O)C[C@@H](NC(=O)[C@@H]1CCS(=O)(=O)C1)c1ccccc1O2. The fourth-order valence-electron chi connectivity index (χ4n) is 4.76. The van der Waals surface area contributed by atoms with Crippen molar-refractivity contribution in [2.45, 2.75) is 50.7 Å². The minimum Gasteiger partial charge on any atom is -0.487 e. The third-order valence-corrected chi connectivity index (χ3v) is 8.25. The molecule has 1 aromatic rings. The Morgan fingerprint density at radius 3 is 2.83 bits per heavy atom. The van der Waals surface area contributed by atoms with Crippen molar-refractivity contribution in [1.82, 2.24) is 10.2 Å². The topological polar surface area (TPSA) is 92.8 Å². The maximum Gasteiger partial charge on any atom is 0.224 e. The number of para-hydroxylation sites is 1. The van der Waals surface area contributed by atoms with Crippen molar-refractivity contribution in [2.75, 3.05) is 24.6 Å². The number of fused-ring (bicyclic) bond motifs is 1. The van der Waals surface area contributed by atoms with Crippen molar-refractivity contribution in [2.24, 2.45) is 5.92 Å². The van der Waals surface area contributed by atoms with Crippen LogP contribution in [0, 0.1) is 5.92 Å². The minimum absolute atomic E-state index is 0.0746. The zero-order chi connectivity index (χ0) is 20.6. The van der Waals surface area contributed by atoms with Gasteiger partial charge in [-0.05, 0) is 25.8 Å². The molecule has 0 unspecified atom stereocenters. The number of sulfone groups is 1. The average Bonchev–Trinajstić information content (AvgIpc) is 2.99. The van der Waals surface area contributed by atoms with Gasteiger partial charge in [-0.15, -0.1) is 0 Å². The number of ether oxygens (including phenoxy) is 1. The fourth-order valence-corrected chi connectivity index (χ4v) is 6.50. The molecule has 3 heterocycles. The van der Waals surface area contributed by atoms with E-state index in [9.17, 15) is 18.0 Å². The Bertz CT molecular complexity index is 915. The van der Waals surface area contributed by atoms with Crippen LogP contribution in [0.15, 0.2) is 24.3 Å². The van der Waals surface area contributed by atoms with Gasteiger partial charge in [0.2, 0.25) is 11.8 Å². The number of likely N-dealkylation sites (tertiary alicyclic amines) is 1. The second-order valence-electron chi connectivity index (χ2n) is 8.41. The van der Waals surface area contributed by atoms with Crippen molar-refractivity contribution in [3.63, 3.8) is 0 Å². The van der Waals surface area contributed by atoms with Crippen LogP contribution in [0.5, 0.6) is 5.75 Å². The van der Waals surface area contributed by atoms with E-state index in [-0.39, 0.29) is 29.4 Å². The average molecular weight is 421 g/mol. The number of rotatable bonds is 3. The Kier molecular flexibility index (Phi) is 5.31. The van der Waals surface area contributed by atoms with Crippen molar-refractivity contribution in [3.8, 4) is 5.75 Å². The van der Waals surface area contributed by atoms with Gasteiger partial charge >= 0.3 is 0 Å². The van der Waals surface area contributed by atoms with Crippen LogP contribution in [-0.4, -0.2) is 55.3 Å². The van der Waals surface area contributed by atoms with Crippen molar-refractivity contribution in [1.29, 1.82) is 0 Å². The highest BCUT2D eigenvalue weighted by atomic mass is 32.2.